The van der Waals surface area contributed by atoms with E-state index in [1.165, 1.54) is 19.2 Å². The molecule has 0 saturated heterocycles. The zero-order chi connectivity index (χ0) is 16.0. The minimum absolute atomic E-state index is 0.0227. The zero-order valence-corrected chi connectivity index (χ0v) is 12.6. The van der Waals surface area contributed by atoms with E-state index in [-0.39, 0.29) is 18.3 Å². The Labute approximate surface area is 123 Å². The summed E-state index contributed by atoms with van der Waals surface area (Å²) >= 11 is 0. The SMILES string of the molecule is CNC(C)(CCOc1ccc([N+](=O)[O-])cc1C)C(=O)OC. The number of likely N-dealkylation sites (N-methyl/N-ethyl adjacent to an activating group) is 1. The molecule has 0 aliphatic heterocycles. The Hall–Kier alpha value is -2.15. The van der Waals surface area contributed by atoms with Crippen molar-refractivity contribution in [3.8, 4) is 5.75 Å². The summed E-state index contributed by atoms with van der Waals surface area (Å²) in [7, 11) is 3.01. The van der Waals surface area contributed by atoms with E-state index in [9.17, 15) is 14.9 Å². The van der Waals surface area contributed by atoms with Crippen LogP contribution < -0.4 is 10.1 Å². The van der Waals surface area contributed by atoms with Crippen LogP contribution in [0.3, 0.4) is 0 Å². The monoisotopic (exact) mass is 296 g/mol. The lowest BCUT2D eigenvalue weighted by Gasteiger charge is -2.26. The van der Waals surface area contributed by atoms with Crippen molar-refractivity contribution in [2.45, 2.75) is 25.8 Å². The van der Waals surface area contributed by atoms with Gasteiger partial charge >= 0.3 is 5.97 Å². The van der Waals surface area contributed by atoms with Crippen molar-refractivity contribution >= 4 is 11.7 Å². The van der Waals surface area contributed by atoms with Crippen LogP contribution in [0.5, 0.6) is 5.75 Å². The normalized spacial score (nSPS) is 13.3. The summed E-state index contributed by atoms with van der Waals surface area (Å²) in [6.07, 6.45) is 0.409. The van der Waals surface area contributed by atoms with Gasteiger partial charge in [0.1, 0.15) is 11.3 Å². The van der Waals surface area contributed by atoms with Crippen molar-refractivity contribution < 1.29 is 19.2 Å². The van der Waals surface area contributed by atoms with Gasteiger partial charge in [-0.2, -0.15) is 0 Å². The largest absolute Gasteiger partial charge is 0.493 e. The van der Waals surface area contributed by atoms with Gasteiger partial charge in [0, 0.05) is 18.6 Å². The molecule has 0 saturated carbocycles. The molecule has 21 heavy (non-hydrogen) atoms. The summed E-state index contributed by atoms with van der Waals surface area (Å²) in [5.74, 6) is 0.193. The van der Waals surface area contributed by atoms with Crippen molar-refractivity contribution in [3.05, 3.63) is 33.9 Å². The number of hydrogen-bond donors (Lipinski definition) is 1. The highest BCUT2D eigenvalue weighted by molar-refractivity contribution is 5.80. The van der Waals surface area contributed by atoms with E-state index in [1.54, 1.807) is 27.0 Å². The summed E-state index contributed by atoms with van der Waals surface area (Å²) in [6.45, 7) is 3.75. The molecular formula is C14H20N2O5. The van der Waals surface area contributed by atoms with Crippen LogP contribution in [0.1, 0.15) is 18.9 Å². The molecule has 1 N–H and O–H groups in total. The number of ether oxygens (including phenoxy) is 2. The average molecular weight is 296 g/mol. The molecule has 0 heterocycles. The highest BCUT2D eigenvalue weighted by Gasteiger charge is 2.32. The van der Waals surface area contributed by atoms with Crippen molar-refractivity contribution in [3.63, 3.8) is 0 Å². The fourth-order valence-electron chi connectivity index (χ4n) is 1.83. The second-order valence-corrected chi connectivity index (χ2v) is 4.88. The number of carbonyl (C=O) groups excluding carboxylic acids is 1. The van der Waals surface area contributed by atoms with Gasteiger partial charge in [0.05, 0.1) is 18.6 Å². The van der Waals surface area contributed by atoms with Gasteiger partial charge in [0.2, 0.25) is 0 Å². The van der Waals surface area contributed by atoms with Gasteiger partial charge in [0.15, 0.2) is 0 Å². The molecule has 1 atom stereocenters. The molecule has 1 unspecified atom stereocenters. The van der Waals surface area contributed by atoms with Gasteiger partial charge in [-0.15, -0.1) is 0 Å². The predicted octanol–water partition coefficient (Wildman–Crippen LogP) is 1.82. The molecule has 1 aromatic carbocycles. The summed E-state index contributed by atoms with van der Waals surface area (Å²) in [6, 6.07) is 4.40. The Morgan fingerprint density at radius 3 is 2.62 bits per heavy atom. The molecule has 0 radical (unpaired) electrons. The molecule has 0 aliphatic rings. The molecule has 7 heteroatoms. The average Bonchev–Trinajstić information content (AvgIpc) is 2.47. The number of nitro benzene ring substituents is 1. The molecule has 0 spiro atoms. The molecule has 1 aromatic rings. The lowest BCUT2D eigenvalue weighted by atomic mass is 9.99. The van der Waals surface area contributed by atoms with Crippen LogP contribution in [0, 0.1) is 17.0 Å². The zero-order valence-electron chi connectivity index (χ0n) is 12.6. The number of esters is 1. The van der Waals surface area contributed by atoms with Crippen molar-refractivity contribution in [1.82, 2.24) is 5.32 Å². The summed E-state index contributed by atoms with van der Waals surface area (Å²) in [5, 5.41) is 13.6. The molecule has 7 nitrogen and oxygen atoms in total. The topological polar surface area (TPSA) is 90.7 Å². The van der Waals surface area contributed by atoms with Crippen LogP contribution >= 0.6 is 0 Å². The molecule has 0 aliphatic carbocycles. The van der Waals surface area contributed by atoms with Gasteiger partial charge in [0.25, 0.3) is 5.69 Å². The third-order valence-corrected chi connectivity index (χ3v) is 3.42. The maximum Gasteiger partial charge on any atom is 0.325 e. The first-order chi connectivity index (χ1) is 9.84. The summed E-state index contributed by atoms with van der Waals surface area (Å²) < 4.78 is 10.3. The standard InChI is InChI=1S/C14H20N2O5/c1-10-9-11(16(18)19)5-6-12(10)21-8-7-14(2,15-3)13(17)20-4/h5-6,9,15H,7-8H2,1-4H3. The van der Waals surface area contributed by atoms with E-state index < -0.39 is 10.5 Å². The molecular weight excluding hydrogens is 276 g/mol. The number of rotatable bonds is 7. The Bertz CT molecular complexity index is 532. The van der Waals surface area contributed by atoms with Crippen LogP contribution in [0.25, 0.3) is 0 Å². The number of methoxy groups -OCH3 is 1. The second kappa shape index (κ2) is 7.03. The molecule has 0 fully saturated rings. The Morgan fingerprint density at radius 1 is 1.48 bits per heavy atom. The number of nitrogens with one attached hydrogen (secondary N) is 1. The van der Waals surface area contributed by atoms with E-state index in [4.69, 9.17) is 9.47 Å². The third-order valence-electron chi connectivity index (χ3n) is 3.42. The van der Waals surface area contributed by atoms with Crippen molar-refractivity contribution in [2.75, 3.05) is 20.8 Å². The number of carbonyl (C=O) groups is 1. The van der Waals surface area contributed by atoms with E-state index in [0.717, 1.165) is 0 Å². The van der Waals surface area contributed by atoms with Crippen LogP contribution in [-0.4, -0.2) is 37.2 Å². The van der Waals surface area contributed by atoms with Crippen LogP contribution in [0.15, 0.2) is 18.2 Å². The Morgan fingerprint density at radius 2 is 2.14 bits per heavy atom. The number of hydrogen-bond acceptors (Lipinski definition) is 6. The third kappa shape index (κ3) is 4.16. The van der Waals surface area contributed by atoms with Gasteiger partial charge in [-0.3, -0.25) is 14.9 Å². The molecule has 1 rings (SSSR count). The lowest BCUT2D eigenvalue weighted by molar-refractivity contribution is -0.384. The quantitative estimate of drug-likeness (QED) is 0.469. The summed E-state index contributed by atoms with van der Waals surface area (Å²) in [5.41, 5.74) is -0.133. The minimum Gasteiger partial charge on any atom is -0.493 e. The molecule has 116 valence electrons. The maximum absolute atomic E-state index is 11.7. The number of benzene rings is 1. The first kappa shape index (κ1) is 16.9. The maximum atomic E-state index is 11.7. The Kier molecular flexibility index (Phi) is 5.66. The first-order valence-electron chi connectivity index (χ1n) is 6.49. The molecule has 0 bridgehead atoms. The number of nitrogens with zero attached hydrogens (tertiary/aromatic N) is 1. The highest BCUT2D eigenvalue weighted by atomic mass is 16.6. The van der Waals surface area contributed by atoms with Gasteiger partial charge < -0.3 is 14.8 Å². The van der Waals surface area contributed by atoms with Crippen LogP contribution in [-0.2, 0) is 9.53 Å². The highest BCUT2D eigenvalue weighted by Crippen LogP contribution is 2.24. The first-order valence-corrected chi connectivity index (χ1v) is 6.49. The predicted molar refractivity (Wildman–Crippen MR) is 77.4 cm³/mol. The van der Waals surface area contributed by atoms with Crippen molar-refractivity contribution in [1.29, 1.82) is 0 Å². The van der Waals surface area contributed by atoms with Crippen molar-refractivity contribution in [2.24, 2.45) is 0 Å². The fourth-order valence-corrected chi connectivity index (χ4v) is 1.83. The van der Waals surface area contributed by atoms with Gasteiger partial charge in [-0.1, -0.05) is 0 Å². The molecule has 0 aromatic heterocycles. The number of aryl methyl sites for hydroxylation is 1. The molecule has 0 amide bonds. The summed E-state index contributed by atoms with van der Waals surface area (Å²) in [4.78, 5) is 21.9. The van der Waals surface area contributed by atoms with E-state index >= 15 is 0 Å². The number of non-ortho nitro benzene ring substituents is 1. The Balaban J connectivity index is 2.68. The van der Waals surface area contributed by atoms with Gasteiger partial charge in [-0.25, -0.2) is 0 Å². The van der Waals surface area contributed by atoms with Gasteiger partial charge in [-0.05, 0) is 32.5 Å². The number of nitro groups is 1. The minimum atomic E-state index is -0.830. The lowest BCUT2D eigenvalue weighted by Crippen LogP contribution is -2.49. The van der Waals surface area contributed by atoms with Crippen LogP contribution in [0.2, 0.25) is 0 Å². The van der Waals surface area contributed by atoms with E-state index in [0.29, 0.717) is 17.7 Å². The smallest absolute Gasteiger partial charge is 0.325 e. The van der Waals surface area contributed by atoms with E-state index in [1.807, 2.05) is 0 Å². The van der Waals surface area contributed by atoms with E-state index in [2.05, 4.69) is 5.32 Å². The van der Waals surface area contributed by atoms with Crippen LogP contribution in [0.4, 0.5) is 5.69 Å². The second-order valence-electron chi connectivity index (χ2n) is 4.88. The fraction of sp³-hybridized carbons (Fsp3) is 0.500.